The van der Waals surface area contributed by atoms with Crippen molar-refractivity contribution in [1.29, 1.82) is 0 Å². The van der Waals surface area contributed by atoms with Crippen LogP contribution in [-0.4, -0.2) is 12.2 Å². The van der Waals surface area contributed by atoms with Crippen LogP contribution >= 0.6 is 0 Å². The zero-order valence-electron chi connectivity index (χ0n) is 9.50. The van der Waals surface area contributed by atoms with Crippen LogP contribution in [0.1, 0.15) is 20.7 Å². The second-order valence-electron chi connectivity index (χ2n) is 3.68. The molecule has 0 radical (unpaired) electrons. The minimum absolute atomic E-state index is 0.420. The van der Waals surface area contributed by atoms with Gasteiger partial charge in [0.05, 0.1) is 0 Å². The van der Waals surface area contributed by atoms with Gasteiger partial charge in [0.1, 0.15) is 17.8 Å². The predicted molar refractivity (Wildman–Crippen MR) is 66.9 cm³/mol. The van der Waals surface area contributed by atoms with Gasteiger partial charge in [-0.05, 0) is 36.4 Å². The van der Waals surface area contributed by atoms with E-state index < -0.39 is 5.91 Å². The van der Waals surface area contributed by atoms with E-state index in [0.717, 1.165) is 6.29 Å². The zero-order chi connectivity index (χ0) is 13.0. The maximum Gasteiger partial charge on any atom is 0.248 e. The quantitative estimate of drug-likeness (QED) is 0.835. The molecule has 0 saturated carbocycles. The lowest BCUT2D eigenvalue weighted by molar-refractivity contribution is 0.1000. The van der Waals surface area contributed by atoms with Crippen molar-refractivity contribution in [2.45, 2.75) is 0 Å². The third kappa shape index (κ3) is 2.74. The van der Waals surface area contributed by atoms with Gasteiger partial charge in [-0.25, -0.2) is 0 Å². The lowest BCUT2D eigenvalue weighted by atomic mass is 10.2. The van der Waals surface area contributed by atoms with Gasteiger partial charge in [-0.2, -0.15) is 0 Å². The lowest BCUT2D eigenvalue weighted by Crippen LogP contribution is -2.10. The highest BCUT2D eigenvalue weighted by Crippen LogP contribution is 2.22. The molecule has 0 aliphatic rings. The molecule has 18 heavy (non-hydrogen) atoms. The third-order valence-electron chi connectivity index (χ3n) is 2.37. The van der Waals surface area contributed by atoms with Crippen LogP contribution in [-0.2, 0) is 0 Å². The maximum atomic E-state index is 10.9. The standard InChI is InChI=1S/C14H11NO3/c15-14(17)11-4-6-12(7-5-11)18-13-3-1-2-10(8-13)9-16/h1-9H,(H2,15,17). The Labute approximate surface area is 104 Å². The molecule has 1 amide bonds. The van der Waals surface area contributed by atoms with E-state index in [-0.39, 0.29) is 0 Å². The van der Waals surface area contributed by atoms with Crippen LogP contribution in [0.5, 0.6) is 11.5 Å². The van der Waals surface area contributed by atoms with Crippen molar-refractivity contribution in [2.75, 3.05) is 0 Å². The first-order valence-corrected chi connectivity index (χ1v) is 5.32. The molecule has 0 aliphatic heterocycles. The Kier molecular flexibility index (Phi) is 3.38. The first kappa shape index (κ1) is 11.9. The fourth-order valence-corrected chi connectivity index (χ4v) is 1.47. The first-order chi connectivity index (χ1) is 8.69. The van der Waals surface area contributed by atoms with Crippen molar-refractivity contribution in [2.24, 2.45) is 5.73 Å². The van der Waals surface area contributed by atoms with E-state index >= 15 is 0 Å². The van der Waals surface area contributed by atoms with Gasteiger partial charge in [0, 0.05) is 11.1 Å². The Morgan fingerprint density at radius 2 is 1.78 bits per heavy atom. The van der Waals surface area contributed by atoms with Crippen LogP contribution in [0.25, 0.3) is 0 Å². The molecule has 0 atom stereocenters. The van der Waals surface area contributed by atoms with E-state index in [1.807, 2.05) is 0 Å². The van der Waals surface area contributed by atoms with Crippen molar-refractivity contribution >= 4 is 12.2 Å². The van der Waals surface area contributed by atoms with Crippen molar-refractivity contribution in [3.63, 3.8) is 0 Å². The fraction of sp³-hybridized carbons (Fsp3) is 0. The molecule has 0 aliphatic carbocycles. The molecule has 4 heteroatoms. The number of primary amides is 1. The maximum absolute atomic E-state index is 10.9. The summed E-state index contributed by atoms with van der Waals surface area (Å²) in [6.45, 7) is 0. The van der Waals surface area contributed by atoms with Crippen molar-refractivity contribution in [1.82, 2.24) is 0 Å². The number of rotatable bonds is 4. The van der Waals surface area contributed by atoms with E-state index in [4.69, 9.17) is 10.5 Å². The fourth-order valence-electron chi connectivity index (χ4n) is 1.47. The number of aldehydes is 1. The van der Waals surface area contributed by atoms with Crippen LogP contribution in [0.4, 0.5) is 0 Å². The van der Waals surface area contributed by atoms with E-state index in [1.54, 1.807) is 48.5 Å². The lowest BCUT2D eigenvalue weighted by Gasteiger charge is -2.06. The van der Waals surface area contributed by atoms with Gasteiger partial charge in [0.2, 0.25) is 5.91 Å². The highest BCUT2D eigenvalue weighted by molar-refractivity contribution is 5.92. The molecule has 0 saturated heterocycles. The summed E-state index contributed by atoms with van der Waals surface area (Å²) >= 11 is 0. The van der Waals surface area contributed by atoms with Gasteiger partial charge < -0.3 is 10.5 Å². The molecule has 2 rings (SSSR count). The first-order valence-electron chi connectivity index (χ1n) is 5.32. The van der Waals surface area contributed by atoms with Crippen molar-refractivity contribution in [3.8, 4) is 11.5 Å². The molecule has 2 aromatic carbocycles. The highest BCUT2D eigenvalue weighted by atomic mass is 16.5. The molecule has 2 aromatic rings. The number of amides is 1. The number of nitrogens with two attached hydrogens (primary N) is 1. The van der Waals surface area contributed by atoms with E-state index in [2.05, 4.69) is 0 Å². The molecule has 0 bridgehead atoms. The molecule has 0 fully saturated rings. The Morgan fingerprint density at radius 3 is 2.39 bits per heavy atom. The van der Waals surface area contributed by atoms with E-state index in [0.29, 0.717) is 22.6 Å². The molecular weight excluding hydrogens is 230 g/mol. The molecule has 0 unspecified atom stereocenters. The molecule has 4 nitrogen and oxygen atoms in total. The average molecular weight is 241 g/mol. The summed E-state index contributed by atoms with van der Waals surface area (Å²) in [4.78, 5) is 21.5. The van der Waals surface area contributed by atoms with E-state index in [9.17, 15) is 9.59 Å². The summed E-state index contributed by atoms with van der Waals surface area (Å²) in [5, 5.41) is 0. The number of carbonyl (C=O) groups is 2. The predicted octanol–water partition coefficient (Wildman–Crippen LogP) is 2.39. The van der Waals surface area contributed by atoms with Gasteiger partial charge in [-0.1, -0.05) is 12.1 Å². The summed E-state index contributed by atoms with van der Waals surface area (Å²) in [7, 11) is 0. The Morgan fingerprint density at radius 1 is 1.06 bits per heavy atom. The van der Waals surface area contributed by atoms with Crippen LogP contribution in [0, 0.1) is 0 Å². The van der Waals surface area contributed by atoms with Crippen LogP contribution < -0.4 is 10.5 Å². The minimum Gasteiger partial charge on any atom is -0.457 e. The van der Waals surface area contributed by atoms with E-state index in [1.165, 1.54) is 0 Å². The number of ether oxygens (including phenoxy) is 1. The SMILES string of the molecule is NC(=O)c1ccc(Oc2cccc(C=O)c2)cc1. The highest BCUT2D eigenvalue weighted by Gasteiger charge is 2.02. The molecule has 90 valence electrons. The Bertz CT molecular complexity index is 576. The Balaban J connectivity index is 2.17. The average Bonchev–Trinajstić information content (AvgIpc) is 2.39. The van der Waals surface area contributed by atoms with Gasteiger partial charge in [-0.15, -0.1) is 0 Å². The molecule has 0 heterocycles. The second kappa shape index (κ2) is 5.14. The van der Waals surface area contributed by atoms with Crippen LogP contribution in [0.3, 0.4) is 0 Å². The topological polar surface area (TPSA) is 69.4 Å². The Hall–Kier alpha value is -2.62. The zero-order valence-corrected chi connectivity index (χ0v) is 9.50. The number of carbonyl (C=O) groups excluding carboxylic acids is 2. The minimum atomic E-state index is -0.482. The monoisotopic (exact) mass is 241 g/mol. The van der Waals surface area contributed by atoms with Gasteiger partial charge in [0.25, 0.3) is 0 Å². The largest absolute Gasteiger partial charge is 0.457 e. The van der Waals surface area contributed by atoms with Crippen molar-refractivity contribution in [3.05, 3.63) is 59.7 Å². The van der Waals surface area contributed by atoms with Crippen LogP contribution in [0.15, 0.2) is 48.5 Å². The van der Waals surface area contributed by atoms with Gasteiger partial charge in [-0.3, -0.25) is 9.59 Å². The summed E-state index contributed by atoms with van der Waals surface area (Å²) in [6, 6.07) is 13.3. The summed E-state index contributed by atoms with van der Waals surface area (Å²) in [5.41, 5.74) is 6.10. The second-order valence-corrected chi connectivity index (χ2v) is 3.68. The smallest absolute Gasteiger partial charge is 0.248 e. The molecule has 2 N–H and O–H groups in total. The summed E-state index contributed by atoms with van der Waals surface area (Å²) < 4.78 is 5.54. The number of benzene rings is 2. The third-order valence-corrected chi connectivity index (χ3v) is 2.37. The number of hydrogen-bond donors (Lipinski definition) is 1. The summed E-state index contributed by atoms with van der Waals surface area (Å²) in [5.74, 6) is 0.652. The molecule has 0 aromatic heterocycles. The summed E-state index contributed by atoms with van der Waals surface area (Å²) in [6.07, 6.45) is 0.753. The van der Waals surface area contributed by atoms with Gasteiger partial charge >= 0.3 is 0 Å². The molecular formula is C14H11NO3. The normalized spacial score (nSPS) is 9.78. The van der Waals surface area contributed by atoms with Crippen LogP contribution in [0.2, 0.25) is 0 Å². The molecule has 0 spiro atoms. The van der Waals surface area contributed by atoms with Crippen molar-refractivity contribution < 1.29 is 14.3 Å². The van der Waals surface area contributed by atoms with Gasteiger partial charge in [0.15, 0.2) is 0 Å². The number of hydrogen-bond acceptors (Lipinski definition) is 3.